The summed E-state index contributed by atoms with van der Waals surface area (Å²) in [6.07, 6.45) is 4.18. The predicted molar refractivity (Wildman–Crippen MR) is 142 cm³/mol. The lowest BCUT2D eigenvalue weighted by Crippen LogP contribution is -2.26. The van der Waals surface area contributed by atoms with Crippen LogP contribution < -0.4 is 14.8 Å². The first-order valence-electron chi connectivity index (χ1n) is 12.0. The van der Waals surface area contributed by atoms with Crippen LogP contribution in [0, 0.1) is 18.3 Å². The molecule has 1 heterocycles. The molecular weight excluding hydrogens is 450 g/mol. The molecule has 0 radical (unpaired) electrons. The molecule has 0 fully saturated rings. The van der Waals surface area contributed by atoms with Crippen molar-refractivity contribution in [1.82, 2.24) is 10.3 Å². The van der Waals surface area contributed by atoms with Crippen LogP contribution in [0.1, 0.15) is 29.2 Å². The fraction of sp³-hybridized carbons (Fsp3) is 0.200. The van der Waals surface area contributed by atoms with Crippen molar-refractivity contribution in [2.75, 3.05) is 13.2 Å². The van der Waals surface area contributed by atoms with Gasteiger partial charge in [0.15, 0.2) is 11.5 Å². The van der Waals surface area contributed by atoms with E-state index in [1.54, 1.807) is 18.2 Å². The number of H-pyrrole nitrogens is 1. The van der Waals surface area contributed by atoms with Crippen LogP contribution in [-0.2, 0) is 17.8 Å². The van der Waals surface area contributed by atoms with Gasteiger partial charge in [-0.15, -0.1) is 0 Å². The van der Waals surface area contributed by atoms with Crippen LogP contribution in [0.25, 0.3) is 17.0 Å². The number of fused-ring (bicyclic) bond motifs is 1. The summed E-state index contributed by atoms with van der Waals surface area (Å²) in [4.78, 5) is 15.9. The average Bonchev–Trinajstić information content (AvgIpc) is 3.30. The zero-order valence-corrected chi connectivity index (χ0v) is 20.5. The highest BCUT2D eigenvalue weighted by Crippen LogP contribution is 2.30. The summed E-state index contributed by atoms with van der Waals surface area (Å²) in [5, 5.41) is 13.6. The van der Waals surface area contributed by atoms with Gasteiger partial charge in [0.05, 0.1) is 6.61 Å². The Kier molecular flexibility index (Phi) is 8.05. The molecular formula is C30H29N3O3. The standard InChI is InChI=1S/C30H29N3O3/c1-3-35-29-17-22(11-12-28(29)36-20-23-8-6-7-21(2)15-23)16-25(18-31)30(34)32-14-13-24-19-33-27-10-5-4-9-26(24)27/h4-12,15-17,19,33H,3,13-14,20H2,1-2H3,(H,32,34)/b25-16-. The highest BCUT2D eigenvalue weighted by Gasteiger charge is 2.12. The van der Waals surface area contributed by atoms with Gasteiger partial charge in [0, 0.05) is 23.6 Å². The van der Waals surface area contributed by atoms with E-state index < -0.39 is 5.91 Å². The Hall–Kier alpha value is -4.50. The van der Waals surface area contributed by atoms with Gasteiger partial charge in [-0.1, -0.05) is 54.1 Å². The molecule has 0 aliphatic rings. The second kappa shape index (κ2) is 11.8. The zero-order valence-electron chi connectivity index (χ0n) is 20.5. The molecule has 0 bridgehead atoms. The van der Waals surface area contributed by atoms with E-state index in [-0.39, 0.29) is 5.57 Å². The number of ether oxygens (including phenoxy) is 2. The third kappa shape index (κ3) is 6.13. The Morgan fingerprint density at radius 1 is 1.06 bits per heavy atom. The zero-order chi connectivity index (χ0) is 25.3. The van der Waals surface area contributed by atoms with E-state index in [0.29, 0.717) is 43.2 Å². The van der Waals surface area contributed by atoms with E-state index in [4.69, 9.17) is 9.47 Å². The summed E-state index contributed by atoms with van der Waals surface area (Å²) < 4.78 is 11.8. The Bertz CT molecular complexity index is 1430. The van der Waals surface area contributed by atoms with Crippen molar-refractivity contribution in [2.24, 2.45) is 0 Å². The quantitative estimate of drug-likeness (QED) is 0.225. The molecule has 6 nitrogen and oxygen atoms in total. The monoisotopic (exact) mass is 479 g/mol. The second-order valence-electron chi connectivity index (χ2n) is 8.45. The third-order valence-electron chi connectivity index (χ3n) is 5.78. The first-order valence-corrected chi connectivity index (χ1v) is 12.0. The van der Waals surface area contributed by atoms with E-state index in [1.165, 1.54) is 5.56 Å². The van der Waals surface area contributed by atoms with Crippen molar-refractivity contribution in [2.45, 2.75) is 26.9 Å². The summed E-state index contributed by atoms with van der Waals surface area (Å²) >= 11 is 0. The Balaban J connectivity index is 1.41. The van der Waals surface area contributed by atoms with E-state index in [1.807, 2.05) is 74.6 Å². The molecule has 0 aliphatic carbocycles. The topological polar surface area (TPSA) is 87.1 Å². The van der Waals surface area contributed by atoms with Gasteiger partial charge in [-0.2, -0.15) is 5.26 Å². The molecule has 2 N–H and O–H groups in total. The number of benzene rings is 3. The van der Waals surface area contributed by atoms with Crippen LogP contribution in [0.15, 0.2) is 78.5 Å². The van der Waals surface area contributed by atoms with E-state index >= 15 is 0 Å². The number of aromatic amines is 1. The minimum atomic E-state index is -0.407. The summed E-state index contributed by atoms with van der Waals surface area (Å²) in [6, 6.07) is 23.6. The summed E-state index contributed by atoms with van der Waals surface area (Å²) in [6.45, 7) is 5.25. The number of aromatic nitrogens is 1. The van der Waals surface area contributed by atoms with Crippen molar-refractivity contribution in [3.05, 3.63) is 101 Å². The van der Waals surface area contributed by atoms with E-state index in [9.17, 15) is 10.1 Å². The van der Waals surface area contributed by atoms with E-state index in [0.717, 1.165) is 22.0 Å². The minimum absolute atomic E-state index is 0.0322. The molecule has 1 amide bonds. The number of nitriles is 1. The number of nitrogens with zero attached hydrogens (tertiary/aromatic N) is 1. The lowest BCUT2D eigenvalue weighted by atomic mass is 10.1. The summed E-state index contributed by atoms with van der Waals surface area (Å²) in [5.41, 5.74) is 5.14. The molecule has 36 heavy (non-hydrogen) atoms. The van der Waals surface area contributed by atoms with Crippen LogP contribution in [0.5, 0.6) is 11.5 Å². The van der Waals surface area contributed by atoms with Gasteiger partial charge in [-0.25, -0.2) is 0 Å². The molecule has 1 aromatic heterocycles. The van der Waals surface area contributed by atoms with Crippen LogP contribution in [-0.4, -0.2) is 24.0 Å². The molecule has 0 unspecified atom stereocenters. The van der Waals surface area contributed by atoms with Gasteiger partial charge in [0.2, 0.25) is 0 Å². The number of aryl methyl sites for hydroxylation is 1. The van der Waals surface area contributed by atoms with Crippen molar-refractivity contribution >= 4 is 22.9 Å². The third-order valence-corrected chi connectivity index (χ3v) is 5.78. The highest BCUT2D eigenvalue weighted by atomic mass is 16.5. The number of hydrogen-bond acceptors (Lipinski definition) is 4. The van der Waals surface area contributed by atoms with E-state index in [2.05, 4.69) is 16.4 Å². The molecule has 0 saturated heterocycles. The second-order valence-corrected chi connectivity index (χ2v) is 8.45. The van der Waals surface area contributed by atoms with Gasteiger partial charge in [-0.3, -0.25) is 4.79 Å². The molecule has 0 atom stereocenters. The van der Waals surface area contributed by atoms with Gasteiger partial charge in [0.1, 0.15) is 18.2 Å². The van der Waals surface area contributed by atoms with Crippen molar-refractivity contribution in [1.29, 1.82) is 5.26 Å². The average molecular weight is 480 g/mol. The lowest BCUT2D eigenvalue weighted by molar-refractivity contribution is -0.117. The number of rotatable bonds is 10. The Morgan fingerprint density at radius 3 is 2.72 bits per heavy atom. The Morgan fingerprint density at radius 2 is 1.92 bits per heavy atom. The molecule has 4 rings (SSSR count). The highest BCUT2D eigenvalue weighted by molar-refractivity contribution is 6.01. The van der Waals surface area contributed by atoms with Crippen molar-refractivity contribution in [3.8, 4) is 17.6 Å². The molecule has 6 heteroatoms. The molecule has 3 aromatic carbocycles. The number of carbonyl (C=O) groups excluding carboxylic acids is 1. The van der Waals surface area contributed by atoms with Gasteiger partial charge < -0.3 is 19.8 Å². The van der Waals surface area contributed by atoms with Gasteiger partial charge in [-0.05, 0) is 61.2 Å². The molecule has 4 aromatic rings. The predicted octanol–water partition coefficient (Wildman–Crippen LogP) is 5.72. The van der Waals surface area contributed by atoms with Crippen LogP contribution in [0.4, 0.5) is 0 Å². The maximum absolute atomic E-state index is 12.7. The smallest absolute Gasteiger partial charge is 0.261 e. The number of nitrogens with one attached hydrogen (secondary N) is 2. The van der Waals surface area contributed by atoms with Gasteiger partial charge in [0.25, 0.3) is 5.91 Å². The van der Waals surface area contributed by atoms with Crippen molar-refractivity contribution < 1.29 is 14.3 Å². The fourth-order valence-corrected chi connectivity index (χ4v) is 4.02. The number of amides is 1. The molecule has 182 valence electrons. The van der Waals surface area contributed by atoms with Crippen LogP contribution >= 0.6 is 0 Å². The van der Waals surface area contributed by atoms with Crippen LogP contribution in [0.3, 0.4) is 0 Å². The molecule has 0 aliphatic heterocycles. The molecule has 0 saturated carbocycles. The molecule has 0 spiro atoms. The van der Waals surface area contributed by atoms with Crippen LogP contribution in [0.2, 0.25) is 0 Å². The lowest BCUT2D eigenvalue weighted by Gasteiger charge is -2.13. The minimum Gasteiger partial charge on any atom is -0.490 e. The first-order chi connectivity index (χ1) is 17.6. The Labute approximate surface area is 211 Å². The summed E-state index contributed by atoms with van der Waals surface area (Å²) in [5.74, 6) is 0.767. The maximum atomic E-state index is 12.7. The normalized spacial score (nSPS) is 11.2. The number of hydrogen-bond donors (Lipinski definition) is 2. The summed E-state index contributed by atoms with van der Waals surface area (Å²) in [7, 11) is 0. The maximum Gasteiger partial charge on any atom is 0.261 e. The first kappa shape index (κ1) is 24.6. The largest absolute Gasteiger partial charge is 0.490 e. The fourth-order valence-electron chi connectivity index (χ4n) is 4.02. The van der Waals surface area contributed by atoms with Crippen molar-refractivity contribution in [3.63, 3.8) is 0 Å². The SMILES string of the molecule is CCOc1cc(/C=C(/C#N)C(=O)NCCc2c[nH]c3ccccc23)ccc1OCc1cccc(C)c1. The number of carbonyl (C=O) groups is 1. The van der Waals surface area contributed by atoms with Gasteiger partial charge >= 0.3 is 0 Å². The number of para-hydroxylation sites is 1.